The van der Waals surface area contributed by atoms with Gasteiger partial charge < -0.3 is 9.80 Å². The van der Waals surface area contributed by atoms with Crippen molar-refractivity contribution in [3.8, 4) is 0 Å². The van der Waals surface area contributed by atoms with Gasteiger partial charge in [0.1, 0.15) is 6.73 Å². The fraction of sp³-hybridized carbons (Fsp3) is 0.933. The second-order valence-electron chi connectivity index (χ2n) is 14.1. The molecule has 2 heterocycles. The lowest BCUT2D eigenvalue weighted by molar-refractivity contribution is -0.290. The first-order chi connectivity index (χ1) is 17.6. The number of nitrogens with zero attached hydrogens (tertiary/aromatic N) is 4. The number of piperidine rings is 2. The van der Waals surface area contributed by atoms with Gasteiger partial charge in [0.25, 0.3) is 0 Å². The summed E-state index contributed by atoms with van der Waals surface area (Å²) in [4.78, 5) is 36.8. The van der Waals surface area contributed by atoms with Crippen LogP contribution in [0.25, 0.3) is 0 Å². The molecule has 8 nitrogen and oxygen atoms in total. The summed E-state index contributed by atoms with van der Waals surface area (Å²) in [6.45, 7) is 23.4. The molecule has 0 spiro atoms. The fourth-order valence-corrected chi connectivity index (χ4v) is 7.86. The Bertz CT molecular complexity index is 718. The Morgan fingerprint density at radius 3 is 1.47 bits per heavy atom. The van der Waals surface area contributed by atoms with E-state index < -0.39 is 0 Å². The van der Waals surface area contributed by atoms with Crippen LogP contribution in [-0.2, 0) is 14.4 Å². The fourth-order valence-electron chi connectivity index (χ4n) is 7.86. The van der Waals surface area contributed by atoms with Gasteiger partial charge in [-0.2, -0.15) is 5.06 Å². The van der Waals surface area contributed by atoms with Crippen LogP contribution in [0, 0.1) is 0 Å². The molecule has 0 radical (unpaired) electrons. The molecule has 1 N–H and O–H groups in total. The van der Waals surface area contributed by atoms with Gasteiger partial charge in [0.05, 0.1) is 0 Å². The van der Waals surface area contributed by atoms with Crippen molar-refractivity contribution in [2.75, 3.05) is 33.4 Å². The highest BCUT2D eigenvalue weighted by atomic mass is 16.7. The highest BCUT2D eigenvalue weighted by molar-refractivity contribution is 5.48. The molecule has 2 aliphatic heterocycles. The molecule has 0 atom stereocenters. The number of carbonyl (C=O) groups excluding carboxylic acids is 2. The van der Waals surface area contributed by atoms with Gasteiger partial charge in [0.2, 0.25) is 12.8 Å². The molecule has 2 aliphatic rings. The molecule has 0 aromatic carbocycles. The van der Waals surface area contributed by atoms with E-state index in [0.29, 0.717) is 12.8 Å². The summed E-state index contributed by atoms with van der Waals surface area (Å²) >= 11 is 0. The van der Waals surface area contributed by atoms with Crippen LogP contribution in [0.3, 0.4) is 0 Å². The molecular formula is C30H59N5O3. The number of likely N-dealkylation sites (tertiary alicyclic amines) is 1. The SMILES string of the molecule is CCN1C(C)(C)CC(N(C=O)CCCCCCN(C=O)C2CC(C)(C)N(OCNC)C(C)(C)C2)CC1(C)C. The summed E-state index contributed by atoms with van der Waals surface area (Å²) < 4.78 is 0. The number of hydroxylamine groups is 2. The van der Waals surface area contributed by atoms with Crippen LogP contribution in [0.2, 0.25) is 0 Å². The second kappa shape index (κ2) is 13.4. The number of amides is 2. The van der Waals surface area contributed by atoms with E-state index in [1.54, 1.807) is 0 Å². The number of hydrogen-bond donors (Lipinski definition) is 1. The smallest absolute Gasteiger partial charge is 0.209 e. The Balaban J connectivity index is 1.82. The van der Waals surface area contributed by atoms with Crippen LogP contribution >= 0.6 is 0 Å². The Morgan fingerprint density at radius 1 is 0.737 bits per heavy atom. The van der Waals surface area contributed by atoms with Crippen molar-refractivity contribution in [3.05, 3.63) is 0 Å². The van der Waals surface area contributed by atoms with Crippen LogP contribution in [0.5, 0.6) is 0 Å². The Morgan fingerprint density at radius 2 is 1.13 bits per heavy atom. The van der Waals surface area contributed by atoms with E-state index in [1.165, 1.54) is 0 Å². The normalized spacial score (nSPS) is 23.7. The van der Waals surface area contributed by atoms with Gasteiger partial charge in [-0.3, -0.25) is 24.6 Å². The van der Waals surface area contributed by atoms with Crippen LogP contribution < -0.4 is 5.32 Å². The zero-order chi connectivity index (χ0) is 28.8. The van der Waals surface area contributed by atoms with Crippen molar-refractivity contribution in [2.24, 2.45) is 0 Å². The summed E-state index contributed by atoms with van der Waals surface area (Å²) in [5.41, 5.74) is -0.170. The minimum Gasteiger partial charge on any atom is -0.342 e. The highest BCUT2D eigenvalue weighted by Gasteiger charge is 2.48. The number of nitrogens with one attached hydrogen (secondary N) is 1. The van der Waals surface area contributed by atoms with Crippen molar-refractivity contribution >= 4 is 12.8 Å². The van der Waals surface area contributed by atoms with Gasteiger partial charge in [0, 0.05) is 47.3 Å². The minimum absolute atomic E-state index is 0.0824. The van der Waals surface area contributed by atoms with Crippen LogP contribution in [0.4, 0.5) is 0 Å². The van der Waals surface area contributed by atoms with Crippen LogP contribution in [-0.4, -0.2) is 100 Å². The summed E-state index contributed by atoms with van der Waals surface area (Å²) in [5, 5.41) is 5.18. The van der Waals surface area contributed by atoms with Crippen molar-refractivity contribution in [3.63, 3.8) is 0 Å². The maximum absolute atomic E-state index is 12.1. The van der Waals surface area contributed by atoms with Crippen LogP contribution in [0.15, 0.2) is 0 Å². The van der Waals surface area contributed by atoms with E-state index in [2.05, 4.69) is 82.5 Å². The Hall–Kier alpha value is -1.22. The Kier molecular flexibility index (Phi) is 11.7. The maximum atomic E-state index is 12.1. The first-order valence-corrected chi connectivity index (χ1v) is 14.9. The van der Waals surface area contributed by atoms with Crippen molar-refractivity contribution in [2.45, 2.75) is 148 Å². The molecule has 8 heteroatoms. The third-order valence-electron chi connectivity index (χ3n) is 8.95. The van der Waals surface area contributed by atoms with Gasteiger partial charge in [0.15, 0.2) is 0 Å². The van der Waals surface area contributed by atoms with E-state index in [9.17, 15) is 9.59 Å². The number of hydrogen-bond acceptors (Lipinski definition) is 6. The van der Waals surface area contributed by atoms with E-state index in [1.807, 2.05) is 11.9 Å². The molecule has 0 unspecified atom stereocenters. The molecule has 0 saturated carbocycles. The maximum Gasteiger partial charge on any atom is 0.209 e. The van der Waals surface area contributed by atoms with Gasteiger partial charge in [-0.25, -0.2) is 0 Å². The average Bonchev–Trinajstić information content (AvgIpc) is 2.78. The van der Waals surface area contributed by atoms with Crippen molar-refractivity contribution in [1.82, 2.24) is 25.1 Å². The zero-order valence-electron chi connectivity index (χ0n) is 26.3. The largest absolute Gasteiger partial charge is 0.342 e. The molecule has 2 amide bonds. The first kappa shape index (κ1) is 33.0. The first-order valence-electron chi connectivity index (χ1n) is 14.9. The number of unbranched alkanes of at least 4 members (excludes halogenated alkanes) is 3. The third kappa shape index (κ3) is 8.15. The molecule has 0 aliphatic carbocycles. The minimum atomic E-state index is -0.167. The molecule has 0 aromatic heterocycles. The summed E-state index contributed by atoms with van der Waals surface area (Å²) in [6.07, 6.45) is 10.1. The Labute approximate surface area is 233 Å². The van der Waals surface area contributed by atoms with Gasteiger partial charge in [-0.15, -0.1) is 0 Å². The lowest BCUT2D eigenvalue weighted by Gasteiger charge is -2.56. The molecule has 2 rings (SSSR count). The molecule has 0 aromatic rings. The monoisotopic (exact) mass is 537 g/mol. The van der Waals surface area contributed by atoms with E-state index >= 15 is 0 Å². The lowest BCUT2D eigenvalue weighted by Crippen LogP contribution is -2.64. The van der Waals surface area contributed by atoms with E-state index in [4.69, 9.17) is 4.84 Å². The molecule has 222 valence electrons. The molecular weight excluding hydrogens is 478 g/mol. The standard InChI is InChI=1S/C30H59N5O3/c1-11-34-27(2,3)18-25(19-28(34,4)5)32(23-36)16-14-12-13-15-17-33(24-37)26-20-29(6,7)35(38-22-31-10)30(8,9)21-26/h23-26,31H,11-22H2,1-10H3. The van der Waals surface area contributed by atoms with E-state index in [0.717, 1.165) is 83.8 Å². The predicted octanol–water partition coefficient (Wildman–Crippen LogP) is 4.64. The van der Waals surface area contributed by atoms with E-state index in [-0.39, 0.29) is 28.2 Å². The van der Waals surface area contributed by atoms with Crippen molar-refractivity contribution in [1.29, 1.82) is 0 Å². The zero-order valence-corrected chi connectivity index (χ0v) is 26.3. The van der Waals surface area contributed by atoms with Gasteiger partial charge in [-0.1, -0.05) is 19.8 Å². The topological polar surface area (TPSA) is 68.4 Å². The number of carbonyl (C=O) groups is 2. The molecule has 2 saturated heterocycles. The third-order valence-corrected chi connectivity index (χ3v) is 8.95. The number of rotatable bonds is 15. The molecule has 0 bridgehead atoms. The summed E-state index contributed by atoms with van der Waals surface area (Å²) in [5.74, 6) is 0. The highest BCUT2D eigenvalue weighted by Crippen LogP contribution is 2.41. The van der Waals surface area contributed by atoms with Gasteiger partial charge in [-0.05, 0) is 108 Å². The van der Waals surface area contributed by atoms with Gasteiger partial charge >= 0.3 is 0 Å². The summed E-state index contributed by atoms with van der Waals surface area (Å²) in [6, 6.07) is 0.499. The predicted molar refractivity (Wildman–Crippen MR) is 156 cm³/mol. The summed E-state index contributed by atoms with van der Waals surface area (Å²) in [7, 11) is 1.88. The second-order valence-corrected chi connectivity index (χ2v) is 14.1. The average molecular weight is 538 g/mol. The van der Waals surface area contributed by atoms with Crippen molar-refractivity contribution < 1.29 is 14.4 Å². The quantitative estimate of drug-likeness (QED) is 0.187. The molecule has 38 heavy (non-hydrogen) atoms. The van der Waals surface area contributed by atoms with Crippen LogP contribution in [0.1, 0.15) is 114 Å². The molecule has 2 fully saturated rings. The lowest BCUT2D eigenvalue weighted by atomic mass is 9.76.